The smallest absolute Gasteiger partial charge is 0.152 e. The fraction of sp³-hybridized carbons (Fsp3) is 0. The van der Waals surface area contributed by atoms with Crippen LogP contribution in [-0.2, 0) is 4.79 Å². The topological polar surface area (TPSA) is 56.0 Å². The van der Waals surface area contributed by atoms with Gasteiger partial charge in [0, 0.05) is 0 Å². The molecule has 0 spiro atoms. The minimum atomic E-state index is 0.253. The quantitative estimate of drug-likeness (QED) is 0.429. The molecule has 0 aromatic carbocycles. The van der Waals surface area contributed by atoms with Crippen LogP contribution in [-0.4, -0.2) is 11.3 Å². The van der Waals surface area contributed by atoms with Crippen molar-refractivity contribution in [3.63, 3.8) is 0 Å². The highest BCUT2D eigenvalue weighted by Crippen LogP contribution is 2.15. The van der Waals surface area contributed by atoms with Crippen LogP contribution in [0.4, 0.5) is 5.69 Å². The van der Waals surface area contributed by atoms with Gasteiger partial charge in [0.1, 0.15) is 6.29 Å². The number of aromatic nitrogens is 1. The van der Waals surface area contributed by atoms with Gasteiger partial charge in [0.05, 0.1) is 11.4 Å². The largest absolute Gasteiger partial charge is 0.396 e. The van der Waals surface area contributed by atoms with Crippen molar-refractivity contribution in [1.29, 1.82) is 0 Å². The van der Waals surface area contributed by atoms with Gasteiger partial charge in [0.15, 0.2) is 5.15 Å². The zero-order valence-electron chi connectivity index (χ0n) is 6.20. The zero-order valence-corrected chi connectivity index (χ0v) is 6.95. The van der Waals surface area contributed by atoms with Gasteiger partial charge in [-0.2, -0.15) is 0 Å². The third kappa shape index (κ3) is 2.07. The molecule has 0 aliphatic heterocycles. The number of nitrogens with zero attached hydrogens (tertiary/aromatic N) is 1. The summed E-state index contributed by atoms with van der Waals surface area (Å²) in [7, 11) is 0. The van der Waals surface area contributed by atoms with Crippen LogP contribution in [0.15, 0.2) is 18.2 Å². The van der Waals surface area contributed by atoms with Crippen molar-refractivity contribution in [1.82, 2.24) is 4.98 Å². The summed E-state index contributed by atoms with van der Waals surface area (Å²) in [5.41, 5.74) is 6.47. The Labute approximate surface area is 74.9 Å². The first-order valence-electron chi connectivity index (χ1n) is 3.28. The van der Waals surface area contributed by atoms with Crippen LogP contribution in [0.3, 0.4) is 0 Å². The number of halogens is 1. The third-order valence-electron chi connectivity index (χ3n) is 1.24. The Morgan fingerprint density at radius 1 is 1.50 bits per heavy atom. The molecule has 0 amide bonds. The number of nitrogens with two attached hydrogens (primary N) is 1. The number of pyridine rings is 1. The van der Waals surface area contributed by atoms with Gasteiger partial charge in [0.25, 0.3) is 0 Å². The van der Waals surface area contributed by atoms with E-state index in [-0.39, 0.29) is 5.15 Å². The van der Waals surface area contributed by atoms with Gasteiger partial charge in [-0.1, -0.05) is 11.6 Å². The summed E-state index contributed by atoms with van der Waals surface area (Å²) < 4.78 is 0. The fourth-order valence-electron chi connectivity index (χ4n) is 0.690. The Kier molecular flexibility index (Phi) is 2.82. The van der Waals surface area contributed by atoms with Gasteiger partial charge in [0.2, 0.25) is 0 Å². The Morgan fingerprint density at radius 3 is 2.83 bits per heavy atom. The van der Waals surface area contributed by atoms with Gasteiger partial charge >= 0.3 is 0 Å². The Balaban J connectivity index is 2.96. The lowest BCUT2D eigenvalue weighted by Crippen LogP contribution is -1.90. The van der Waals surface area contributed by atoms with E-state index in [2.05, 4.69) is 4.98 Å². The Morgan fingerprint density at radius 2 is 2.25 bits per heavy atom. The van der Waals surface area contributed by atoms with Crippen LogP contribution in [0.25, 0.3) is 6.08 Å². The number of hydrogen-bond donors (Lipinski definition) is 1. The van der Waals surface area contributed by atoms with E-state index >= 15 is 0 Å². The van der Waals surface area contributed by atoms with Crippen molar-refractivity contribution in [2.75, 3.05) is 5.73 Å². The maximum absolute atomic E-state index is 9.96. The summed E-state index contributed by atoms with van der Waals surface area (Å²) >= 11 is 5.63. The van der Waals surface area contributed by atoms with Gasteiger partial charge < -0.3 is 5.73 Å². The summed E-state index contributed by atoms with van der Waals surface area (Å²) in [6.45, 7) is 0. The summed E-state index contributed by atoms with van der Waals surface area (Å²) in [6.07, 6.45) is 3.57. The molecule has 1 rings (SSSR count). The molecule has 0 saturated heterocycles. The number of hydrogen-bond acceptors (Lipinski definition) is 3. The van der Waals surface area contributed by atoms with Crippen molar-refractivity contribution < 1.29 is 4.79 Å². The summed E-state index contributed by atoms with van der Waals surface area (Å²) in [6, 6.07) is 3.32. The van der Waals surface area contributed by atoms with E-state index in [1.54, 1.807) is 18.2 Å². The molecule has 3 nitrogen and oxygen atoms in total. The average molecular weight is 183 g/mol. The SMILES string of the molecule is Nc1ccc(C=CC=O)nc1Cl. The van der Waals surface area contributed by atoms with Gasteiger partial charge in [-0.15, -0.1) is 0 Å². The van der Waals surface area contributed by atoms with Gasteiger partial charge in [-0.25, -0.2) is 4.98 Å². The normalized spacial score (nSPS) is 10.4. The highest BCUT2D eigenvalue weighted by atomic mass is 35.5. The number of aldehydes is 1. The zero-order chi connectivity index (χ0) is 8.97. The van der Waals surface area contributed by atoms with Crippen molar-refractivity contribution >= 4 is 29.7 Å². The maximum atomic E-state index is 9.96. The molecule has 0 atom stereocenters. The molecule has 1 aromatic rings. The van der Waals surface area contributed by atoms with Crippen LogP contribution in [0, 0.1) is 0 Å². The lowest BCUT2D eigenvalue weighted by Gasteiger charge is -1.96. The van der Waals surface area contributed by atoms with Gasteiger partial charge in [-0.3, -0.25) is 4.79 Å². The van der Waals surface area contributed by atoms with E-state index in [4.69, 9.17) is 17.3 Å². The van der Waals surface area contributed by atoms with E-state index in [9.17, 15) is 4.79 Å². The lowest BCUT2D eigenvalue weighted by atomic mass is 10.3. The molecule has 0 bridgehead atoms. The van der Waals surface area contributed by atoms with Crippen LogP contribution in [0.2, 0.25) is 5.15 Å². The molecule has 2 N–H and O–H groups in total. The van der Waals surface area contributed by atoms with Crippen LogP contribution in [0.1, 0.15) is 5.69 Å². The molecule has 62 valence electrons. The predicted octanol–water partition coefficient (Wildman–Crippen LogP) is 1.53. The Hall–Kier alpha value is -1.35. The van der Waals surface area contributed by atoms with Crippen molar-refractivity contribution in [2.24, 2.45) is 0 Å². The first-order valence-corrected chi connectivity index (χ1v) is 3.65. The number of allylic oxidation sites excluding steroid dienone is 1. The molecule has 0 unspecified atom stereocenters. The maximum Gasteiger partial charge on any atom is 0.152 e. The molecule has 1 heterocycles. The summed E-state index contributed by atoms with van der Waals surface area (Å²) in [5, 5.41) is 0.253. The van der Waals surface area contributed by atoms with Crippen LogP contribution < -0.4 is 5.73 Å². The number of anilines is 1. The number of nitrogen functional groups attached to an aromatic ring is 1. The highest BCUT2D eigenvalue weighted by Gasteiger charge is 1.96. The number of carbonyl (C=O) groups is 1. The molecular weight excluding hydrogens is 176 g/mol. The first-order chi connectivity index (χ1) is 5.74. The number of carbonyl (C=O) groups excluding carboxylic acids is 1. The molecule has 0 saturated carbocycles. The predicted molar refractivity (Wildman–Crippen MR) is 48.8 cm³/mol. The highest BCUT2D eigenvalue weighted by molar-refractivity contribution is 6.31. The minimum Gasteiger partial charge on any atom is -0.396 e. The molecule has 1 aromatic heterocycles. The Bertz CT molecular complexity index is 323. The lowest BCUT2D eigenvalue weighted by molar-refractivity contribution is -0.104. The average Bonchev–Trinajstić information content (AvgIpc) is 2.07. The number of rotatable bonds is 2. The summed E-state index contributed by atoms with van der Waals surface area (Å²) in [4.78, 5) is 13.9. The second-order valence-corrected chi connectivity index (χ2v) is 2.47. The van der Waals surface area contributed by atoms with Crippen molar-refractivity contribution in [3.8, 4) is 0 Å². The molecular formula is C8H7ClN2O. The second-order valence-electron chi connectivity index (χ2n) is 2.11. The van der Waals surface area contributed by atoms with E-state index in [0.717, 1.165) is 0 Å². The standard InChI is InChI=1S/C8H7ClN2O/c9-8-7(10)4-3-6(11-8)2-1-5-12/h1-5H,10H2. The molecule has 4 heteroatoms. The second kappa shape index (κ2) is 3.88. The van der Waals surface area contributed by atoms with E-state index in [0.29, 0.717) is 17.7 Å². The van der Waals surface area contributed by atoms with Crippen molar-refractivity contribution in [2.45, 2.75) is 0 Å². The molecule has 0 aliphatic rings. The monoisotopic (exact) mass is 182 g/mol. The fourth-order valence-corrected chi connectivity index (χ4v) is 0.850. The van der Waals surface area contributed by atoms with Crippen LogP contribution in [0.5, 0.6) is 0 Å². The first kappa shape index (κ1) is 8.74. The molecule has 12 heavy (non-hydrogen) atoms. The minimum absolute atomic E-state index is 0.253. The van der Waals surface area contributed by atoms with E-state index in [1.165, 1.54) is 6.08 Å². The molecule has 0 aliphatic carbocycles. The summed E-state index contributed by atoms with van der Waals surface area (Å²) in [5.74, 6) is 0. The third-order valence-corrected chi connectivity index (χ3v) is 1.55. The van der Waals surface area contributed by atoms with Crippen molar-refractivity contribution in [3.05, 3.63) is 29.1 Å². The molecule has 0 fully saturated rings. The van der Waals surface area contributed by atoms with E-state index < -0.39 is 0 Å². The molecule has 0 radical (unpaired) electrons. The van der Waals surface area contributed by atoms with E-state index in [1.807, 2.05) is 0 Å². The van der Waals surface area contributed by atoms with Gasteiger partial charge in [-0.05, 0) is 24.3 Å². The van der Waals surface area contributed by atoms with Crippen LogP contribution >= 0.6 is 11.6 Å².